The van der Waals surface area contributed by atoms with Crippen molar-refractivity contribution >= 4 is 10.9 Å². The van der Waals surface area contributed by atoms with Crippen LogP contribution in [0.25, 0.3) is 10.9 Å². The fraction of sp³-hybridized carbons (Fsp3) is 0.357. The highest BCUT2D eigenvalue weighted by molar-refractivity contribution is 5.78. The van der Waals surface area contributed by atoms with E-state index >= 15 is 0 Å². The lowest BCUT2D eigenvalue weighted by molar-refractivity contribution is 0.517. The van der Waals surface area contributed by atoms with Crippen molar-refractivity contribution < 1.29 is 0 Å². The largest absolute Gasteiger partial charge is 0.346 e. The van der Waals surface area contributed by atoms with Crippen LogP contribution in [0.2, 0.25) is 0 Å². The maximum Gasteiger partial charge on any atom is 0.189 e. The minimum absolute atomic E-state index is 0.108. The van der Waals surface area contributed by atoms with Crippen LogP contribution in [0.15, 0.2) is 41.3 Å². The van der Waals surface area contributed by atoms with Gasteiger partial charge in [0.2, 0.25) is 0 Å². The van der Waals surface area contributed by atoms with Crippen LogP contribution in [0.3, 0.4) is 0 Å². The zero-order valence-corrected chi connectivity index (χ0v) is 9.73. The van der Waals surface area contributed by atoms with E-state index in [2.05, 4.69) is 9.88 Å². The SMILES string of the molecule is O=c1ccn(C[C@@H]2CCCN2)c2ccccc12. The van der Waals surface area contributed by atoms with E-state index in [0.29, 0.717) is 6.04 Å². The summed E-state index contributed by atoms with van der Waals surface area (Å²) in [6.07, 6.45) is 4.38. The lowest BCUT2D eigenvalue weighted by Gasteiger charge is -2.15. The normalized spacial score (nSPS) is 19.9. The van der Waals surface area contributed by atoms with Crippen molar-refractivity contribution in [2.45, 2.75) is 25.4 Å². The molecule has 2 heterocycles. The van der Waals surface area contributed by atoms with Gasteiger partial charge in [-0.05, 0) is 31.5 Å². The molecule has 17 heavy (non-hydrogen) atoms. The summed E-state index contributed by atoms with van der Waals surface area (Å²) in [5, 5.41) is 4.30. The number of rotatable bonds is 2. The fourth-order valence-corrected chi connectivity index (χ4v) is 2.57. The highest BCUT2D eigenvalue weighted by Crippen LogP contribution is 2.13. The molecule has 1 aromatic heterocycles. The van der Waals surface area contributed by atoms with Gasteiger partial charge in [0.15, 0.2) is 5.43 Å². The predicted molar refractivity (Wildman–Crippen MR) is 69.2 cm³/mol. The fourth-order valence-electron chi connectivity index (χ4n) is 2.57. The van der Waals surface area contributed by atoms with Gasteiger partial charge in [-0.2, -0.15) is 0 Å². The smallest absolute Gasteiger partial charge is 0.189 e. The molecule has 0 unspecified atom stereocenters. The van der Waals surface area contributed by atoms with Crippen LogP contribution in [-0.4, -0.2) is 17.2 Å². The molecule has 0 radical (unpaired) electrons. The van der Waals surface area contributed by atoms with Crippen molar-refractivity contribution in [2.24, 2.45) is 0 Å². The molecule has 1 aliphatic rings. The van der Waals surface area contributed by atoms with Crippen LogP contribution in [0.4, 0.5) is 0 Å². The molecule has 1 aliphatic heterocycles. The zero-order valence-electron chi connectivity index (χ0n) is 9.73. The van der Waals surface area contributed by atoms with Crippen LogP contribution < -0.4 is 10.7 Å². The number of hydrogen-bond donors (Lipinski definition) is 1. The van der Waals surface area contributed by atoms with Gasteiger partial charge < -0.3 is 9.88 Å². The van der Waals surface area contributed by atoms with Gasteiger partial charge in [0.25, 0.3) is 0 Å². The number of aromatic nitrogens is 1. The number of fused-ring (bicyclic) bond motifs is 1. The highest BCUT2D eigenvalue weighted by atomic mass is 16.1. The van der Waals surface area contributed by atoms with E-state index < -0.39 is 0 Å². The van der Waals surface area contributed by atoms with Gasteiger partial charge in [0.05, 0.1) is 5.52 Å². The summed E-state index contributed by atoms with van der Waals surface area (Å²) in [5.41, 5.74) is 1.14. The molecule has 0 amide bonds. The van der Waals surface area contributed by atoms with Crippen molar-refractivity contribution in [3.8, 4) is 0 Å². The first-order valence-electron chi connectivity index (χ1n) is 6.16. The second-order valence-corrected chi connectivity index (χ2v) is 4.64. The van der Waals surface area contributed by atoms with E-state index in [9.17, 15) is 4.79 Å². The minimum Gasteiger partial charge on any atom is -0.346 e. The Kier molecular flexibility index (Phi) is 2.69. The Hall–Kier alpha value is -1.61. The summed E-state index contributed by atoms with van der Waals surface area (Å²) in [5.74, 6) is 0. The first-order chi connectivity index (χ1) is 8.34. The first kappa shape index (κ1) is 10.5. The number of para-hydroxylation sites is 1. The maximum atomic E-state index is 11.7. The third-order valence-corrected chi connectivity index (χ3v) is 3.46. The Morgan fingerprint density at radius 1 is 1.29 bits per heavy atom. The summed E-state index contributed by atoms with van der Waals surface area (Å²) in [4.78, 5) is 11.7. The molecule has 0 bridgehead atoms. The van der Waals surface area contributed by atoms with Gasteiger partial charge in [0.1, 0.15) is 0 Å². The van der Waals surface area contributed by atoms with Crippen LogP contribution in [-0.2, 0) is 6.54 Å². The minimum atomic E-state index is 0.108. The van der Waals surface area contributed by atoms with Gasteiger partial charge in [-0.15, -0.1) is 0 Å². The number of benzene rings is 1. The topological polar surface area (TPSA) is 34.0 Å². The zero-order chi connectivity index (χ0) is 11.7. The molecular weight excluding hydrogens is 212 g/mol. The van der Waals surface area contributed by atoms with Crippen molar-refractivity contribution in [3.05, 3.63) is 46.8 Å². The molecular formula is C14H16N2O. The van der Waals surface area contributed by atoms with Gasteiger partial charge in [-0.25, -0.2) is 0 Å². The number of pyridine rings is 1. The average Bonchev–Trinajstić information content (AvgIpc) is 2.86. The Labute approximate surface area is 100 Å². The summed E-state index contributed by atoms with van der Waals surface area (Å²) in [6, 6.07) is 10.0. The van der Waals surface area contributed by atoms with E-state index in [4.69, 9.17) is 0 Å². The number of nitrogens with zero attached hydrogens (tertiary/aromatic N) is 1. The molecule has 1 fully saturated rings. The highest BCUT2D eigenvalue weighted by Gasteiger charge is 2.14. The van der Waals surface area contributed by atoms with Gasteiger partial charge in [-0.1, -0.05) is 12.1 Å². The monoisotopic (exact) mass is 228 g/mol. The quantitative estimate of drug-likeness (QED) is 0.849. The molecule has 3 rings (SSSR count). The molecule has 2 aromatic rings. The summed E-state index contributed by atoms with van der Waals surface area (Å²) >= 11 is 0. The standard InChI is InChI=1S/C14H16N2O/c17-14-7-9-16(10-11-4-3-8-15-11)13-6-2-1-5-12(13)14/h1-2,5-7,9,11,15H,3-4,8,10H2/t11-/m0/s1. The van der Waals surface area contributed by atoms with Crippen molar-refractivity contribution in [2.75, 3.05) is 6.54 Å². The second-order valence-electron chi connectivity index (χ2n) is 4.64. The van der Waals surface area contributed by atoms with E-state index in [1.54, 1.807) is 6.07 Å². The summed E-state index contributed by atoms with van der Waals surface area (Å²) in [6.45, 7) is 2.06. The van der Waals surface area contributed by atoms with E-state index in [1.807, 2.05) is 30.5 Å². The van der Waals surface area contributed by atoms with Gasteiger partial charge in [0, 0.05) is 30.2 Å². The van der Waals surface area contributed by atoms with Crippen molar-refractivity contribution in [1.82, 2.24) is 9.88 Å². The van der Waals surface area contributed by atoms with E-state index in [0.717, 1.165) is 24.0 Å². The molecule has 1 atom stereocenters. The summed E-state index contributed by atoms with van der Waals surface area (Å²) < 4.78 is 2.18. The molecule has 1 N–H and O–H groups in total. The van der Waals surface area contributed by atoms with Crippen molar-refractivity contribution in [1.29, 1.82) is 0 Å². The Morgan fingerprint density at radius 2 is 2.18 bits per heavy atom. The molecule has 3 heteroatoms. The van der Waals surface area contributed by atoms with E-state index in [-0.39, 0.29) is 5.43 Å². The number of nitrogens with one attached hydrogen (secondary N) is 1. The molecule has 1 aromatic carbocycles. The number of hydrogen-bond acceptors (Lipinski definition) is 2. The summed E-state index contributed by atoms with van der Waals surface area (Å²) in [7, 11) is 0. The van der Waals surface area contributed by atoms with Crippen molar-refractivity contribution in [3.63, 3.8) is 0 Å². The Morgan fingerprint density at radius 3 is 3.00 bits per heavy atom. The molecule has 1 saturated heterocycles. The lowest BCUT2D eigenvalue weighted by atomic mass is 10.2. The third-order valence-electron chi connectivity index (χ3n) is 3.46. The second kappa shape index (κ2) is 4.34. The average molecular weight is 228 g/mol. The van der Waals surface area contributed by atoms with Crippen LogP contribution in [0.1, 0.15) is 12.8 Å². The Balaban J connectivity index is 2.04. The first-order valence-corrected chi connectivity index (χ1v) is 6.16. The predicted octanol–water partition coefficient (Wildman–Crippen LogP) is 1.75. The van der Waals surface area contributed by atoms with Crippen LogP contribution in [0.5, 0.6) is 0 Å². The molecule has 0 spiro atoms. The van der Waals surface area contributed by atoms with Gasteiger partial charge >= 0.3 is 0 Å². The molecule has 0 saturated carbocycles. The van der Waals surface area contributed by atoms with E-state index in [1.165, 1.54) is 12.8 Å². The van der Waals surface area contributed by atoms with Gasteiger partial charge in [-0.3, -0.25) is 4.79 Å². The Bertz CT molecular complexity index is 582. The lowest BCUT2D eigenvalue weighted by Crippen LogP contribution is -2.27. The van der Waals surface area contributed by atoms with Crippen LogP contribution in [0, 0.1) is 0 Å². The maximum absolute atomic E-state index is 11.7. The molecule has 0 aliphatic carbocycles. The third kappa shape index (κ3) is 1.98. The molecule has 88 valence electrons. The molecule has 3 nitrogen and oxygen atoms in total. The van der Waals surface area contributed by atoms with Crippen LogP contribution >= 0.6 is 0 Å².